The highest BCUT2D eigenvalue weighted by molar-refractivity contribution is 5.96. The number of nitrogens with one attached hydrogen (secondary N) is 1. The van der Waals surface area contributed by atoms with E-state index in [-0.39, 0.29) is 18.7 Å². The lowest BCUT2D eigenvalue weighted by molar-refractivity contribution is -0.139. The number of benzene rings is 1. The Morgan fingerprint density at radius 2 is 2.21 bits per heavy atom. The molecule has 1 aromatic carbocycles. The molecule has 1 rings (SSSR count). The van der Waals surface area contributed by atoms with Crippen LogP contribution in [0.5, 0.6) is 0 Å². The first-order valence-electron chi connectivity index (χ1n) is 5.42. The molecule has 0 heterocycles. The summed E-state index contributed by atoms with van der Waals surface area (Å²) in [6.07, 6.45) is 0. The standard InChI is InChI=1S/C13H13FN2O3/c1-19-12(17)8-16-13(18)10-7-9(3-2-6-15)4-5-11(10)14/h4-5,7H,6,8,15H2,1H3,(H,16,18). The Hall–Kier alpha value is -2.39. The number of rotatable bonds is 3. The molecule has 0 aliphatic heterocycles. The van der Waals surface area contributed by atoms with Gasteiger partial charge >= 0.3 is 5.97 Å². The van der Waals surface area contributed by atoms with E-state index in [1.165, 1.54) is 19.2 Å². The maximum Gasteiger partial charge on any atom is 0.325 e. The van der Waals surface area contributed by atoms with Crippen LogP contribution in [-0.2, 0) is 9.53 Å². The van der Waals surface area contributed by atoms with Crippen LogP contribution in [0.3, 0.4) is 0 Å². The van der Waals surface area contributed by atoms with Crippen LogP contribution in [-0.4, -0.2) is 32.1 Å². The molecule has 0 aliphatic rings. The van der Waals surface area contributed by atoms with Crippen molar-refractivity contribution in [2.75, 3.05) is 20.2 Å². The van der Waals surface area contributed by atoms with Crippen molar-refractivity contribution in [2.24, 2.45) is 5.73 Å². The monoisotopic (exact) mass is 264 g/mol. The van der Waals surface area contributed by atoms with Gasteiger partial charge in [0, 0.05) is 5.56 Å². The zero-order valence-electron chi connectivity index (χ0n) is 10.3. The van der Waals surface area contributed by atoms with E-state index in [1.54, 1.807) is 0 Å². The summed E-state index contributed by atoms with van der Waals surface area (Å²) in [7, 11) is 1.19. The minimum absolute atomic E-state index is 0.168. The first-order valence-corrected chi connectivity index (χ1v) is 5.42. The lowest BCUT2D eigenvalue weighted by atomic mass is 10.1. The number of ether oxygens (including phenoxy) is 1. The number of methoxy groups -OCH3 is 1. The van der Waals surface area contributed by atoms with Gasteiger partial charge in [0.2, 0.25) is 0 Å². The van der Waals surface area contributed by atoms with Gasteiger partial charge in [-0.25, -0.2) is 4.39 Å². The van der Waals surface area contributed by atoms with Gasteiger partial charge in [0.15, 0.2) is 0 Å². The van der Waals surface area contributed by atoms with Gasteiger partial charge in [0.25, 0.3) is 5.91 Å². The molecule has 100 valence electrons. The second-order valence-electron chi connectivity index (χ2n) is 3.46. The van der Waals surface area contributed by atoms with E-state index < -0.39 is 17.7 Å². The van der Waals surface area contributed by atoms with Crippen molar-refractivity contribution >= 4 is 11.9 Å². The molecule has 3 N–H and O–H groups in total. The van der Waals surface area contributed by atoms with E-state index in [9.17, 15) is 14.0 Å². The van der Waals surface area contributed by atoms with Crippen LogP contribution in [0.2, 0.25) is 0 Å². The average Bonchev–Trinajstić information content (AvgIpc) is 2.43. The fourth-order valence-corrected chi connectivity index (χ4v) is 1.25. The summed E-state index contributed by atoms with van der Waals surface area (Å²) in [4.78, 5) is 22.6. The highest BCUT2D eigenvalue weighted by Gasteiger charge is 2.13. The molecule has 0 atom stereocenters. The molecule has 5 nitrogen and oxygen atoms in total. The molecule has 1 aromatic rings. The third kappa shape index (κ3) is 4.41. The Balaban J connectivity index is 2.86. The van der Waals surface area contributed by atoms with Crippen molar-refractivity contribution < 1.29 is 18.7 Å². The van der Waals surface area contributed by atoms with Crippen LogP contribution in [0.1, 0.15) is 15.9 Å². The Bertz CT molecular complexity index is 547. The zero-order valence-corrected chi connectivity index (χ0v) is 10.3. The topological polar surface area (TPSA) is 81.4 Å². The molecule has 0 spiro atoms. The van der Waals surface area contributed by atoms with Crippen molar-refractivity contribution in [3.8, 4) is 11.8 Å². The van der Waals surface area contributed by atoms with E-state index in [0.29, 0.717) is 5.56 Å². The fourth-order valence-electron chi connectivity index (χ4n) is 1.25. The minimum Gasteiger partial charge on any atom is -0.468 e. The van der Waals surface area contributed by atoms with Crippen molar-refractivity contribution in [1.29, 1.82) is 0 Å². The summed E-state index contributed by atoms with van der Waals surface area (Å²) < 4.78 is 17.9. The molecule has 19 heavy (non-hydrogen) atoms. The molecule has 0 saturated heterocycles. The highest BCUT2D eigenvalue weighted by atomic mass is 19.1. The summed E-state index contributed by atoms with van der Waals surface area (Å²) >= 11 is 0. The van der Waals surface area contributed by atoms with Crippen LogP contribution >= 0.6 is 0 Å². The second-order valence-corrected chi connectivity index (χ2v) is 3.46. The van der Waals surface area contributed by atoms with Crippen molar-refractivity contribution in [3.63, 3.8) is 0 Å². The molecule has 0 aliphatic carbocycles. The lowest BCUT2D eigenvalue weighted by Crippen LogP contribution is -2.30. The van der Waals surface area contributed by atoms with E-state index in [2.05, 4.69) is 21.9 Å². The van der Waals surface area contributed by atoms with Crippen LogP contribution in [0, 0.1) is 17.7 Å². The quantitative estimate of drug-likeness (QED) is 0.596. The van der Waals surface area contributed by atoms with Gasteiger partial charge in [-0.3, -0.25) is 9.59 Å². The predicted octanol–water partition coefficient (Wildman–Crippen LogP) is 0.0387. The highest BCUT2D eigenvalue weighted by Crippen LogP contribution is 2.09. The van der Waals surface area contributed by atoms with Gasteiger partial charge in [0.1, 0.15) is 12.4 Å². The van der Waals surface area contributed by atoms with Gasteiger partial charge in [-0.1, -0.05) is 11.8 Å². The fraction of sp³-hybridized carbons (Fsp3) is 0.231. The lowest BCUT2D eigenvalue weighted by Gasteiger charge is -2.05. The summed E-state index contributed by atoms with van der Waals surface area (Å²) in [5.74, 6) is 3.27. The summed E-state index contributed by atoms with van der Waals surface area (Å²) in [6, 6.07) is 3.87. The van der Waals surface area contributed by atoms with Crippen LogP contribution in [0.15, 0.2) is 18.2 Å². The van der Waals surface area contributed by atoms with Gasteiger partial charge in [0.05, 0.1) is 19.2 Å². The Morgan fingerprint density at radius 1 is 1.47 bits per heavy atom. The van der Waals surface area contributed by atoms with Crippen LogP contribution < -0.4 is 11.1 Å². The van der Waals surface area contributed by atoms with Crippen molar-refractivity contribution in [2.45, 2.75) is 0 Å². The minimum atomic E-state index is -0.709. The van der Waals surface area contributed by atoms with Gasteiger partial charge in [-0.15, -0.1) is 0 Å². The summed E-state index contributed by atoms with van der Waals surface area (Å²) in [5, 5.41) is 2.25. The molecule has 0 aromatic heterocycles. The molecular formula is C13H13FN2O3. The molecule has 6 heteroatoms. The SMILES string of the molecule is COC(=O)CNC(=O)c1cc(C#CCN)ccc1F. The molecule has 0 bridgehead atoms. The van der Waals surface area contributed by atoms with Crippen LogP contribution in [0.4, 0.5) is 4.39 Å². The summed E-state index contributed by atoms with van der Waals surface area (Å²) in [6.45, 7) is -0.158. The third-order valence-corrected chi connectivity index (χ3v) is 2.17. The Morgan fingerprint density at radius 3 is 2.84 bits per heavy atom. The van der Waals surface area contributed by atoms with E-state index in [0.717, 1.165) is 6.07 Å². The molecule has 0 unspecified atom stereocenters. The number of carbonyl (C=O) groups is 2. The van der Waals surface area contributed by atoms with Crippen molar-refractivity contribution in [3.05, 3.63) is 35.1 Å². The van der Waals surface area contributed by atoms with E-state index in [4.69, 9.17) is 5.73 Å². The normalized spacial score (nSPS) is 9.21. The maximum absolute atomic E-state index is 13.5. The number of esters is 1. The predicted molar refractivity (Wildman–Crippen MR) is 66.7 cm³/mol. The Kier molecular flexibility index (Phi) is 5.51. The third-order valence-electron chi connectivity index (χ3n) is 2.17. The number of hydrogen-bond donors (Lipinski definition) is 2. The zero-order chi connectivity index (χ0) is 14.3. The van der Waals surface area contributed by atoms with Crippen molar-refractivity contribution in [1.82, 2.24) is 5.32 Å². The maximum atomic E-state index is 13.5. The largest absolute Gasteiger partial charge is 0.468 e. The van der Waals surface area contributed by atoms with Gasteiger partial charge in [-0.05, 0) is 18.2 Å². The number of carbonyl (C=O) groups excluding carboxylic acids is 2. The molecule has 1 amide bonds. The first kappa shape index (κ1) is 14.7. The second kappa shape index (κ2) is 7.13. The number of amides is 1. The molecule has 0 saturated carbocycles. The van der Waals surface area contributed by atoms with Gasteiger partial charge in [-0.2, -0.15) is 0 Å². The summed E-state index contributed by atoms with van der Waals surface area (Å²) in [5.41, 5.74) is 5.50. The van der Waals surface area contributed by atoms with Crippen LogP contribution in [0.25, 0.3) is 0 Å². The molecular weight excluding hydrogens is 251 g/mol. The first-order chi connectivity index (χ1) is 9.08. The smallest absolute Gasteiger partial charge is 0.325 e. The molecule has 0 radical (unpaired) electrons. The Labute approximate surface area is 109 Å². The van der Waals surface area contributed by atoms with E-state index in [1.807, 2.05) is 0 Å². The van der Waals surface area contributed by atoms with Gasteiger partial charge < -0.3 is 15.8 Å². The number of nitrogens with two attached hydrogens (primary N) is 1. The molecule has 0 fully saturated rings. The average molecular weight is 264 g/mol. The number of halogens is 1. The van der Waals surface area contributed by atoms with E-state index >= 15 is 0 Å². The number of hydrogen-bond acceptors (Lipinski definition) is 4.